The van der Waals surface area contributed by atoms with Gasteiger partial charge >= 0.3 is 0 Å². The second-order valence-corrected chi connectivity index (χ2v) is 22.4. The number of halogens is 6. The van der Waals surface area contributed by atoms with Crippen molar-refractivity contribution in [3.8, 4) is 11.5 Å². The molecule has 0 saturated carbocycles. The molecule has 10 heteroatoms. The van der Waals surface area contributed by atoms with Gasteiger partial charge in [-0.2, -0.15) is 0 Å². The second-order valence-electron chi connectivity index (χ2n) is 17.1. The molecule has 4 nitrogen and oxygen atoms in total. The Bertz CT molecular complexity index is 1300. The van der Waals surface area contributed by atoms with E-state index in [0.29, 0.717) is 19.8 Å². The Morgan fingerprint density at radius 3 is 1.11 bits per heavy atom. The Morgan fingerprint density at radius 2 is 0.754 bits per heavy atom. The van der Waals surface area contributed by atoms with Crippen LogP contribution in [0.15, 0.2) is 42.2 Å². The van der Waals surface area contributed by atoms with Crippen LogP contribution in [0.1, 0.15) is 205 Å². The lowest BCUT2D eigenvalue weighted by molar-refractivity contribution is 0.0335. The van der Waals surface area contributed by atoms with E-state index in [2.05, 4.69) is 134 Å². The minimum absolute atomic E-state index is 0.00187. The highest BCUT2D eigenvalue weighted by Gasteiger charge is 2.16. The van der Waals surface area contributed by atoms with Gasteiger partial charge in [0.15, 0.2) is 0 Å². The Balaban J connectivity index is 1.59. The van der Waals surface area contributed by atoms with Gasteiger partial charge in [0.1, 0.15) is 30.8 Å². The van der Waals surface area contributed by atoms with Crippen LogP contribution in [0, 0.1) is 0 Å². The lowest BCUT2D eigenvalue weighted by Gasteiger charge is -2.18. The number of ether oxygens (including phenoxy) is 4. The van der Waals surface area contributed by atoms with E-state index in [1.165, 1.54) is 178 Å². The molecular formula is C51H82Br6O4. The van der Waals surface area contributed by atoms with E-state index in [0.717, 1.165) is 67.2 Å². The van der Waals surface area contributed by atoms with Crippen molar-refractivity contribution in [2.75, 3.05) is 38.4 Å². The molecule has 2 aromatic rings. The highest BCUT2D eigenvalue weighted by molar-refractivity contribution is 9.11. The van der Waals surface area contributed by atoms with Gasteiger partial charge in [-0.25, -0.2) is 0 Å². The summed E-state index contributed by atoms with van der Waals surface area (Å²) >= 11 is 22.5. The van der Waals surface area contributed by atoms with E-state index in [1.54, 1.807) is 0 Å². The highest BCUT2D eigenvalue weighted by atomic mass is 79.9. The number of hydrogen-bond acceptors (Lipinski definition) is 4. The SMILES string of the molecule is CCCCCCCCCCCCCCCCOCC(Br)COc1c(Br)cc(Cc2cc(Br)c(OCC(CBr)OCCCCCCCCCCCCCCCC)c(Br)c2)cc1Br. The predicted octanol–water partition coefficient (Wildman–Crippen LogP) is 19.6. The quantitative estimate of drug-likeness (QED) is 0.0490. The molecule has 0 amide bonds. The zero-order chi connectivity index (χ0) is 44.2. The van der Waals surface area contributed by atoms with E-state index in [4.69, 9.17) is 18.9 Å². The molecule has 61 heavy (non-hydrogen) atoms. The second kappa shape index (κ2) is 40.0. The first kappa shape index (κ1) is 58.0. The maximum atomic E-state index is 6.28. The molecule has 0 fully saturated rings. The predicted molar refractivity (Wildman–Crippen MR) is 285 cm³/mol. The fourth-order valence-corrected chi connectivity index (χ4v) is 11.3. The van der Waals surface area contributed by atoms with Crippen molar-refractivity contribution in [1.29, 1.82) is 0 Å². The molecule has 2 unspecified atom stereocenters. The third-order valence-electron chi connectivity index (χ3n) is 11.3. The van der Waals surface area contributed by atoms with Gasteiger partial charge in [-0.05, 0) is 118 Å². The summed E-state index contributed by atoms with van der Waals surface area (Å²) in [4.78, 5) is 0.123. The third-order valence-corrected chi connectivity index (χ3v) is 14.9. The molecule has 0 saturated heterocycles. The lowest BCUT2D eigenvalue weighted by Crippen LogP contribution is -2.24. The molecule has 0 N–H and O–H groups in total. The normalized spacial score (nSPS) is 12.6. The molecule has 0 heterocycles. The lowest BCUT2D eigenvalue weighted by atomic mass is 10.0. The van der Waals surface area contributed by atoms with E-state index in [-0.39, 0.29) is 10.9 Å². The number of rotatable bonds is 42. The van der Waals surface area contributed by atoms with Crippen molar-refractivity contribution in [1.82, 2.24) is 0 Å². The Kier molecular flexibility index (Phi) is 38.0. The van der Waals surface area contributed by atoms with E-state index in [9.17, 15) is 0 Å². The molecule has 0 spiro atoms. The van der Waals surface area contributed by atoms with Crippen LogP contribution in [-0.4, -0.2) is 49.3 Å². The first-order valence-corrected chi connectivity index (χ1v) is 29.6. The van der Waals surface area contributed by atoms with Crippen LogP contribution in [0.25, 0.3) is 0 Å². The van der Waals surface area contributed by atoms with Gasteiger partial charge in [0.05, 0.1) is 29.3 Å². The molecule has 0 bridgehead atoms. The fourth-order valence-electron chi connectivity index (χ4n) is 7.63. The average Bonchev–Trinajstić information content (AvgIpc) is 3.23. The van der Waals surface area contributed by atoms with Crippen LogP contribution < -0.4 is 9.47 Å². The Labute approximate surface area is 424 Å². The molecule has 2 atom stereocenters. The van der Waals surface area contributed by atoms with Crippen LogP contribution >= 0.6 is 95.6 Å². The zero-order valence-electron chi connectivity index (χ0n) is 38.1. The molecule has 2 aromatic carbocycles. The summed E-state index contributed by atoms with van der Waals surface area (Å²) in [6.45, 7) is 7.82. The van der Waals surface area contributed by atoms with Gasteiger partial charge in [0.25, 0.3) is 0 Å². The molecule has 0 aliphatic heterocycles. The first-order valence-electron chi connectivity index (χ1n) is 24.4. The summed E-state index contributed by atoms with van der Waals surface area (Å²) in [5.74, 6) is 1.60. The molecule has 2 rings (SSSR count). The third kappa shape index (κ3) is 30.0. The number of unbranched alkanes of at least 4 members (excludes halogenated alkanes) is 26. The Morgan fingerprint density at radius 1 is 0.426 bits per heavy atom. The molecule has 352 valence electrons. The van der Waals surface area contributed by atoms with Crippen molar-refractivity contribution in [3.63, 3.8) is 0 Å². The van der Waals surface area contributed by atoms with Gasteiger partial charge in [-0.3, -0.25) is 0 Å². The summed E-state index contributed by atoms with van der Waals surface area (Å²) in [7, 11) is 0. The van der Waals surface area contributed by atoms with Crippen LogP contribution in [0.2, 0.25) is 0 Å². The Hall–Kier alpha value is 0.840. The van der Waals surface area contributed by atoms with Crippen LogP contribution in [-0.2, 0) is 15.9 Å². The minimum Gasteiger partial charge on any atom is -0.490 e. The molecule has 0 aliphatic carbocycles. The number of alkyl halides is 2. The van der Waals surface area contributed by atoms with Gasteiger partial charge in [-0.15, -0.1) is 0 Å². The van der Waals surface area contributed by atoms with Gasteiger partial charge in [0.2, 0.25) is 0 Å². The van der Waals surface area contributed by atoms with Gasteiger partial charge < -0.3 is 18.9 Å². The van der Waals surface area contributed by atoms with Crippen molar-refractivity contribution < 1.29 is 18.9 Å². The average molecular weight is 1240 g/mol. The van der Waals surface area contributed by atoms with Crippen LogP contribution in [0.3, 0.4) is 0 Å². The van der Waals surface area contributed by atoms with Crippen molar-refractivity contribution >= 4 is 95.6 Å². The first-order chi connectivity index (χ1) is 29.8. The minimum atomic E-state index is 0.00187. The monoisotopic (exact) mass is 1230 g/mol. The summed E-state index contributed by atoms with van der Waals surface area (Å²) in [5, 5.41) is 0.742. The summed E-state index contributed by atoms with van der Waals surface area (Å²) in [6, 6.07) is 8.55. The zero-order valence-corrected chi connectivity index (χ0v) is 47.6. The van der Waals surface area contributed by atoms with Crippen LogP contribution in [0.5, 0.6) is 11.5 Å². The van der Waals surface area contributed by atoms with Crippen LogP contribution in [0.4, 0.5) is 0 Å². The number of benzene rings is 2. The largest absolute Gasteiger partial charge is 0.490 e. The van der Waals surface area contributed by atoms with Crippen molar-refractivity contribution in [3.05, 3.63) is 53.3 Å². The van der Waals surface area contributed by atoms with E-state index in [1.807, 2.05) is 0 Å². The summed E-state index contributed by atoms with van der Waals surface area (Å²) in [5.41, 5.74) is 2.34. The summed E-state index contributed by atoms with van der Waals surface area (Å²) < 4.78 is 28.4. The topological polar surface area (TPSA) is 36.9 Å². The number of hydrogen-bond donors (Lipinski definition) is 0. The maximum absolute atomic E-state index is 6.28. The highest BCUT2D eigenvalue weighted by Crippen LogP contribution is 2.38. The molecule has 0 aromatic heterocycles. The fraction of sp³-hybridized carbons (Fsp3) is 0.765. The van der Waals surface area contributed by atoms with Gasteiger partial charge in [0, 0.05) is 18.5 Å². The smallest absolute Gasteiger partial charge is 0.147 e. The summed E-state index contributed by atoms with van der Waals surface area (Å²) in [6.07, 6.45) is 39.0. The molecular weight excluding hydrogens is 1160 g/mol. The van der Waals surface area contributed by atoms with E-state index >= 15 is 0 Å². The maximum Gasteiger partial charge on any atom is 0.147 e. The van der Waals surface area contributed by atoms with Gasteiger partial charge in [-0.1, -0.05) is 213 Å². The molecule has 0 radical (unpaired) electrons. The standard InChI is InChI=1S/C51H82Br6O4/c1-3-5-7-9-11-13-15-17-19-21-23-25-27-29-31-58-39-44(53)40-60-50-46(54)34-42(35-47(50)55)33-43-36-48(56)51(49(57)37-43)61-41-45(38-52)59-32-30-28-26-24-22-20-18-16-14-12-10-8-6-4-2/h34-37,44-45H,3-33,38-41H2,1-2H3. The van der Waals surface area contributed by atoms with Crippen molar-refractivity contribution in [2.24, 2.45) is 0 Å². The van der Waals surface area contributed by atoms with Crippen molar-refractivity contribution in [2.45, 2.75) is 211 Å². The van der Waals surface area contributed by atoms with E-state index < -0.39 is 0 Å². The molecule has 0 aliphatic rings.